The van der Waals surface area contributed by atoms with Crippen LogP contribution in [0, 0.1) is 0 Å². The van der Waals surface area contributed by atoms with Crippen molar-refractivity contribution in [3.05, 3.63) is 35.9 Å². The number of urea groups is 1. The molecule has 3 amide bonds. The van der Waals surface area contributed by atoms with Crippen molar-refractivity contribution in [1.29, 1.82) is 0 Å². The SMILES string of the molecule is CN1C(=O)NC(=O)C2C1NC1C(c3ccccc3)CCCN12. The second-order valence-corrected chi connectivity index (χ2v) is 6.30. The van der Waals surface area contributed by atoms with Gasteiger partial charge in [-0.25, -0.2) is 4.79 Å². The van der Waals surface area contributed by atoms with Crippen LogP contribution in [0.5, 0.6) is 0 Å². The molecule has 0 aliphatic carbocycles. The van der Waals surface area contributed by atoms with E-state index < -0.39 is 0 Å². The Kier molecular flexibility index (Phi) is 3.16. The number of carbonyl (C=O) groups excluding carboxylic acids is 2. The van der Waals surface area contributed by atoms with Gasteiger partial charge in [-0.1, -0.05) is 30.3 Å². The lowest BCUT2D eigenvalue weighted by atomic mass is 9.88. The lowest BCUT2D eigenvalue weighted by Gasteiger charge is -2.39. The summed E-state index contributed by atoms with van der Waals surface area (Å²) in [5.41, 5.74) is 1.29. The predicted molar refractivity (Wildman–Crippen MR) is 80.9 cm³/mol. The van der Waals surface area contributed by atoms with E-state index in [2.05, 4.69) is 39.8 Å². The van der Waals surface area contributed by atoms with Crippen LogP contribution in [-0.4, -0.2) is 53.7 Å². The van der Waals surface area contributed by atoms with Crippen LogP contribution in [-0.2, 0) is 4.79 Å². The summed E-state index contributed by atoms with van der Waals surface area (Å²) in [5.74, 6) is 0.161. The zero-order valence-corrected chi connectivity index (χ0v) is 12.5. The molecular formula is C16H20N4O2. The Morgan fingerprint density at radius 3 is 2.68 bits per heavy atom. The summed E-state index contributed by atoms with van der Waals surface area (Å²) in [6.45, 7) is 0.887. The molecule has 0 bridgehead atoms. The number of likely N-dealkylation sites (N-methyl/N-ethyl adjacent to an activating group) is 1. The Hall–Kier alpha value is -1.92. The average molecular weight is 300 g/mol. The van der Waals surface area contributed by atoms with Crippen molar-refractivity contribution in [2.24, 2.45) is 0 Å². The highest BCUT2D eigenvalue weighted by molar-refractivity contribution is 6.00. The summed E-state index contributed by atoms with van der Waals surface area (Å²) in [7, 11) is 1.74. The number of nitrogens with one attached hydrogen (secondary N) is 2. The lowest BCUT2D eigenvalue weighted by molar-refractivity contribution is -0.128. The molecule has 4 unspecified atom stereocenters. The van der Waals surface area contributed by atoms with Gasteiger partial charge in [0.1, 0.15) is 12.2 Å². The molecule has 3 aliphatic heterocycles. The normalized spacial score (nSPS) is 35.0. The molecule has 1 aromatic carbocycles. The second kappa shape index (κ2) is 5.07. The van der Waals surface area contributed by atoms with Gasteiger partial charge in [0.15, 0.2) is 0 Å². The Morgan fingerprint density at radius 1 is 1.14 bits per heavy atom. The number of hydrogen-bond acceptors (Lipinski definition) is 4. The fourth-order valence-corrected chi connectivity index (χ4v) is 4.05. The van der Waals surface area contributed by atoms with E-state index >= 15 is 0 Å². The third kappa shape index (κ3) is 1.94. The van der Waals surface area contributed by atoms with Gasteiger partial charge in [-0.15, -0.1) is 0 Å². The second-order valence-electron chi connectivity index (χ2n) is 6.30. The van der Waals surface area contributed by atoms with Crippen LogP contribution < -0.4 is 10.6 Å². The van der Waals surface area contributed by atoms with E-state index in [1.165, 1.54) is 5.56 Å². The molecule has 4 rings (SSSR count). The van der Waals surface area contributed by atoms with Gasteiger partial charge in [-0.05, 0) is 18.4 Å². The smallest absolute Gasteiger partial charge is 0.310 e. The third-order valence-electron chi connectivity index (χ3n) is 5.13. The summed E-state index contributed by atoms with van der Waals surface area (Å²) in [6, 6.07) is 9.80. The van der Waals surface area contributed by atoms with Gasteiger partial charge in [0, 0.05) is 19.5 Å². The van der Waals surface area contributed by atoms with Crippen LogP contribution in [0.25, 0.3) is 0 Å². The minimum atomic E-state index is -0.324. The monoisotopic (exact) mass is 300 g/mol. The van der Waals surface area contributed by atoms with E-state index in [9.17, 15) is 9.59 Å². The minimum Gasteiger partial charge on any atom is -0.310 e. The van der Waals surface area contributed by atoms with E-state index in [0.717, 1.165) is 19.4 Å². The maximum atomic E-state index is 12.3. The van der Waals surface area contributed by atoms with Crippen molar-refractivity contribution in [3.63, 3.8) is 0 Å². The summed E-state index contributed by atoms with van der Waals surface area (Å²) in [6.07, 6.45) is 2.02. The molecule has 0 aromatic heterocycles. The number of imide groups is 1. The summed E-state index contributed by atoms with van der Waals surface area (Å²) in [5, 5.41) is 5.98. The zero-order chi connectivity index (χ0) is 15.3. The van der Waals surface area contributed by atoms with Gasteiger partial charge in [0.05, 0.1) is 6.17 Å². The first-order valence-corrected chi connectivity index (χ1v) is 7.81. The largest absolute Gasteiger partial charge is 0.325 e. The summed E-state index contributed by atoms with van der Waals surface area (Å²) < 4.78 is 0. The summed E-state index contributed by atoms with van der Waals surface area (Å²) >= 11 is 0. The van der Waals surface area contributed by atoms with E-state index in [-0.39, 0.29) is 30.3 Å². The number of carbonyl (C=O) groups is 2. The first kappa shape index (κ1) is 13.7. The highest BCUT2D eigenvalue weighted by Gasteiger charge is 2.53. The van der Waals surface area contributed by atoms with E-state index in [1.54, 1.807) is 11.9 Å². The fourth-order valence-electron chi connectivity index (χ4n) is 4.05. The Balaban J connectivity index is 1.67. The molecule has 3 heterocycles. The highest BCUT2D eigenvalue weighted by Crippen LogP contribution is 2.37. The molecule has 0 radical (unpaired) electrons. The lowest BCUT2D eigenvalue weighted by Crippen LogP contribution is -2.64. The van der Waals surface area contributed by atoms with Crippen molar-refractivity contribution < 1.29 is 9.59 Å². The van der Waals surface area contributed by atoms with Crippen molar-refractivity contribution in [1.82, 2.24) is 20.4 Å². The number of amides is 3. The number of fused-ring (bicyclic) bond motifs is 3. The average Bonchev–Trinajstić information content (AvgIpc) is 2.93. The molecule has 3 saturated heterocycles. The first-order valence-electron chi connectivity index (χ1n) is 7.81. The topological polar surface area (TPSA) is 64.7 Å². The number of piperidine rings is 1. The molecular weight excluding hydrogens is 280 g/mol. The van der Waals surface area contributed by atoms with Gasteiger partial charge >= 0.3 is 6.03 Å². The van der Waals surface area contributed by atoms with Crippen LogP contribution >= 0.6 is 0 Å². The molecule has 0 spiro atoms. The predicted octanol–water partition coefficient (Wildman–Crippen LogP) is 0.672. The summed E-state index contributed by atoms with van der Waals surface area (Å²) in [4.78, 5) is 28.0. The van der Waals surface area contributed by atoms with Gasteiger partial charge < -0.3 is 4.90 Å². The van der Waals surface area contributed by atoms with Crippen LogP contribution in [0.15, 0.2) is 30.3 Å². The van der Waals surface area contributed by atoms with E-state index in [0.29, 0.717) is 5.92 Å². The van der Waals surface area contributed by atoms with Crippen LogP contribution in [0.4, 0.5) is 4.79 Å². The maximum Gasteiger partial charge on any atom is 0.325 e. The Morgan fingerprint density at radius 2 is 1.91 bits per heavy atom. The van der Waals surface area contributed by atoms with Crippen molar-refractivity contribution in [3.8, 4) is 0 Å². The number of benzene rings is 1. The molecule has 22 heavy (non-hydrogen) atoms. The van der Waals surface area contributed by atoms with E-state index in [4.69, 9.17) is 0 Å². The molecule has 6 heteroatoms. The van der Waals surface area contributed by atoms with Crippen molar-refractivity contribution in [2.75, 3.05) is 13.6 Å². The quantitative estimate of drug-likeness (QED) is 0.800. The number of hydrogen-bond donors (Lipinski definition) is 2. The maximum absolute atomic E-state index is 12.3. The Bertz CT molecular complexity index is 605. The van der Waals surface area contributed by atoms with Gasteiger partial charge in [-0.3, -0.25) is 20.3 Å². The standard InChI is InChI=1S/C16H20N4O2/c1-19-14-12(15(21)18-16(19)22)20-9-5-8-11(13(20)17-14)10-6-3-2-4-7-10/h2-4,6-7,11-14,17H,5,8-9H2,1H3,(H,18,21,22). The molecule has 0 saturated carbocycles. The van der Waals surface area contributed by atoms with Gasteiger partial charge in [0.2, 0.25) is 5.91 Å². The molecule has 3 fully saturated rings. The van der Waals surface area contributed by atoms with Gasteiger partial charge in [-0.2, -0.15) is 0 Å². The minimum absolute atomic E-state index is 0.102. The van der Waals surface area contributed by atoms with Crippen LogP contribution in [0.2, 0.25) is 0 Å². The molecule has 116 valence electrons. The molecule has 1 aromatic rings. The van der Waals surface area contributed by atoms with Crippen molar-refractivity contribution >= 4 is 11.9 Å². The fraction of sp³-hybridized carbons (Fsp3) is 0.500. The zero-order valence-electron chi connectivity index (χ0n) is 12.5. The van der Waals surface area contributed by atoms with Gasteiger partial charge in [0.25, 0.3) is 0 Å². The molecule has 4 atom stereocenters. The highest BCUT2D eigenvalue weighted by atomic mass is 16.2. The third-order valence-corrected chi connectivity index (χ3v) is 5.13. The number of rotatable bonds is 1. The van der Waals surface area contributed by atoms with E-state index in [1.807, 2.05) is 6.07 Å². The number of nitrogens with zero attached hydrogens (tertiary/aromatic N) is 2. The molecule has 2 N–H and O–H groups in total. The van der Waals surface area contributed by atoms with Crippen LogP contribution in [0.3, 0.4) is 0 Å². The van der Waals surface area contributed by atoms with Crippen molar-refractivity contribution in [2.45, 2.75) is 37.1 Å². The Labute approximate surface area is 129 Å². The van der Waals surface area contributed by atoms with Crippen LogP contribution in [0.1, 0.15) is 24.3 Å². The first-order chi connectivity index (χ1) is 10.7. The molecule has 3 aliphatic rings. The molecule has 6 nitrogen and oxygen atoms in total.